The first-order valence-electron chi connectivity index (χ1n) is 8.84. The standard InChI is InChI=1S/C20H25NO4/c1-13-19(14-7-5-4-6-8-14)16-10-9-15(20(23)25-3)11-17(16)21(13)12-18(22)24-2/h9-11,14H,4-8,12H2,1-3H3. The minimum atomic E-state index is -0.371. The number of carbonyl (C=O) groups is 2. The molecule has 1 aromatic carbocycles. The van der Waals surface area contributed by atoms with Gasteiger partial charge in [0.15, 0.2) is 0 Å². The zero-order chi connectivity index (χ0) is 18.0. The van der Waals surface area contributed by atoms with Crippen molar-refractivity contribution in [2.75, 3.05) is 14.2 Å². The predicted octanol–water partition coefficient (Wildman–Crippen LogP) is 3.96. The largest absolute Gasteiger partial charge is 0.468 e. The first-order chi connectivity index (χ1) is 12.1. The second-order valence-corrected chi connectivity index (χ2v) is 6.72. The molecule has 1 saturated carbocycles. The molecule has 1 heterocycles. The number of nitrogens with zero attached hydrogens (tertiary/aromatic N) is 1. The average molecular weight is 343 g/mol. The van der Waals surface area contributed by atoms with Crippen molar-refractivity contribution in [3.05, 3.63) is 35.0 Å². The fourth-order valence-corrected chi connectivity index (χ4v) is 4.05. The molecule has 0 N–H and O–H groups in total. The Balaban J connectivity index is 2.16. The van der Waals surface area contributed by atoms with Crippen LogP contribution in [-0.2, 0) is 20.8 Å². The van der Waals surface area contributed by atoms with Crippen molar-refractivity contribution in [2.24, 2.45) is 0 Å². The van der Waals surface area contributed by atoms with Gasteiger partial charge in [0.2, 0.25) is 0 Å². The molecule has 3 rings (SSSR count). The van der Waals surface area contributed by atoms with E-state index in [1.807, 2.05) is 22.8 Å². The van der Waals surface area contributed by atoms with Gasteiger partial charge in [-0.3, -0.25) is 4.79 Å². The zero-order valence-electron chi connectivity index (χ0n) is 15.1. The van der Waals surface area contributed by atoms with Gasteiger partial charge in [-0.05, 0) is 43.4 Å². The second kappa shape index (κ2) is 7.30. The van der Waals surface area contributed by atoms with Crippen LogP contribution in [0.25, 0.3) is 10.9 Å². The molecule has 25 heavy (non-hydrogen) atoms. The fourth-order valence-electron chi connectivity index (χ4n) is 4.05. The summed E-state index contributed by atoms with van der Waals surface area (Å²) < 4.78 is 11.7. The summed E-state index contributed by atoms with van der Waals surface area (Å²) in [5.41, 5.74) is 3.80. The van der Waals surface area contributed by atoms with Crippen LogP contribution in [0.5, 0.6) is 0 Å². The van der Waals surface area contributed by atoms with E-state index >= 15 is 0 Å². The van der Waals surface area contributed by atoms with Crippen molar-refractivity contribution in [2.45, 2.75) is 51.5 Å². The molecule has 5 nitrogen and oxygen atoms in total. The van der Waals surface area contributed by atoms with Crippen LogP contribution < -0.4 is 0 Å². The molecule has 0 bridgehead atoms. The summed E-state index contributed by atoms with van der Waals surface area (Å²) in [7, 11) is 2.77. The molecule has 0 amide bonds. The Morgan fingerprint density at radius 1 is 1.12 bits per heavy atom. The lowest BCUT2D eigenvalue weighted by Gasteiger charge is -2.22. The maximum atomic E-state index is 11.9. The number of methoxy groups -OCH3 is 2. The number of carbonyl (C=O) groups excluding carboxylic acids is 2. The van der Waals surface area contributed by atoms with Crippen LogP contribution in [0.2, 0.25) is 0 Å². The Kier molecular flexibility index (Phi) is 5.11. The van der Waals surface area contributed by atoms with E-state index in [1.54, 1.807) is 0 Å². The highest BCUT2D eigenvalue weighted by molar-refractivity contribution is 5.96. The SMILES string of the molecule is COC(=O)Cn1c(C)c(C2CCCCC2)c2ccc(C(=O)OC)cc21. The lowest BCUT2D eigenvalue weighted by atomic mass is 9.83. The number of fused-ring (bicyclic) bond motifs is 1. The van der Waals surface area contributed by atoms with Crippen LogP contribution in [0.4, 0.5) is 0 Å². The molecule has 0 saturated heterocycles. The van der Waals surface area contributed by atoms with Crippen molar-refractivity contribution < 1.29 is 19.1 Å². The second-order valence-electron chi connectivity index (χ2n) is 6.72. The smallest absolute Gasteiger partial charge is 0.337 e. The van der Waals surface area contributed by atoms with Gasteiger partial charge in [0.1, 0.15) is 6.54 Å². The maximum absolute atomic E-state index is 11.9. The van der Waals surface area contributed by atoms with Gasteiger partial charge < -0.3 is 14.0 Å². The van der Waals surface area contributed by atoms with Crippen LogP contribution in [-0.4, -0.2) is 30.7 Å². The summed E-state index contributed by atoms with van der Waals surface area (Å²) in [4.78, 5) is 23.8. The highest BCUT2D eigenvalue weighted by Gasteiger charge is 2.25. The number of benzene rings is 1. The van der Waals surface area contributed by atoms with E-state index in [1.165, 1.54) is 51.9 Å². The summed E-state index contributed by atoms with van der Waals surface area (Å²) in [6.07, 6.45) is 6.14. The molecule has 0 aliphatic heterocycles. The summed E-state index contributed by atoms with van der Waals surface area (Å²) in [6.45, 7) is 2.21. The molecule has 1 aliphatic carbocycles. The minimum absolute atomic E-state index is 0.149. The van der Waals surface area contributed by atoms with E-state index in [2.05, 4.69) is 6.92 Å². The lowest BCUT2D eigenvalue weighted by Crippen LogP contribution is -2.13. The van der Waals surface area contributed by atoms with Crippen LogP contribution >= 0.6 is 0 Å². The minimum Gasteiger partial charge on any atom is -0.468 e. The van der Waals surface area contributed by atoms with E-state index in [9.17, 15) is 9.59 Å². The van der Waals surface area contributed by atoms with E-state index in [-0.39, 0.29) is 18.5 Å². The lowest BCUT2D eigenvalue weighted by molar-refractivity contribution is -0.141. The Morgan fingerprint density at radius 2 is 1.84 bits per heavy atom. The van der Waals surface area contributed by atoms with E-state index in [0.29, 0.717) is 11.5 Å². The third-order valence-electron chi connectivity index (χ3n) is 5.32. The van der Waals surface area contributed by atoms with Crippen LogP contribution in [0.1, 0.15) is 59.6 Å². The molecule has 134 valence electrons. The van der Waals surface area contributed by atoms with Gasteiger partial charge in [0, 0.05) is 16.6 Å². The highest BCUT2D eigenvalue weighted by Crippen LogP contribution is 2.40. The number of rotatable bonds is 4. The molecule has 0 atom stereocenters. The van der Waals surface area contributed by atoms with Gasteiger partial charge in [0.05, 0.1) is 19.8 Å². The van der Waals surface area contributed by atoms with E-state index < -0.39 is 0 Å². The van der Waals surface area contributed by atoms with Gasteiger partial charge in [-0.1, -0.05) is 25.3 Å². The van der Waals surface area contributed by atoms with Gasteiger partial charge >= 0.3 is 11.9 Å². The van der Waals surface area contributed by atoms with Crippen molar-refractivity contribution in [3.63, 3.8) is 0 Å². The molecule has 2 aromatic rings. The molecule has 5 heteroatoms. The summed E-state index contributed by atoms with van der Waals surface area (Å²) >= 11 is 0. The van der Waals surface area contributed by atoms with Crippen molar-refractivity contribution in [3.8, 4) is 0 Å². The molecule has 0 unspecified atom stereocenters. The van der Waals surface area contributed by atoms with Crippen LogP contribution in [0.3, 0.4) is 0 Å². The molecule has 1 aliphatic rings. The molecule has 1 aromatic heterocycles. The van der Waals surface area contributed by atoms with Crippen LogP contribution in [0, 0.1) is 6.92 Å². The zero-order valence-corrected chi connectivity index (χ0v) is 15.1. The predicted molar refractivity (Wildman–Crippen MR) is 95.9 cm³/mol. The van der Waals surface area contributed by atoms with Crippen molar-refractivity contribution in [1.82, 2.24) is 4.57 Å². The summed E-state index contributed by atoms with van der Waals surface area (Å²) in [5.74, 6) is -0.151. The highest BCUT2D eigenvalue weighted by atomic mass is 16.5. The summed E-state index contributed by atoms with van der Waals surface area (Å²) in [5, 5.41) is 1.13. The number of hydrogen-bond donors (Lipinski definition) is 0. The average Bonchev–Trinajstić information content (AvgIpc) is 2.92. The summed E-state index contributed by atoms with van der Waals surface area (Å²) in [6, 6.07) is 5.62. The third kappa shape index (κ3) is 3.28. The maximum Gasteiger partial charge on any atom is 0.337 e. The molecule has 0 radical (unpaired) electrons. The fraction of sp³-hybridized carbons (Fsp3) is 0.500. The number of aromatic nitrogens is 1. The van der Waals surface area contributed by atoms with E-state index in [0.717, 1.165) is 16.6 Å². The molecule has 0 spiro atoms. The van der Waals surface area contributed by atoms with Gasteiger partial charge in [-0.25, -0.2) is 4.79 Å². The molecular formula is C20H25NO4. The normalized spacial score (nSPS) is 15.3. The van der Waals surface area contributed by atoms with E-state index in [4.69, 9.17) is 9.47 Å². The third-order valence-corrected chi connectivity index (χ3v) is 5.32. The van der Waals surface area contributed by atoms with Gasteiger partial charge in [0.25, 0.3) is 0 Å². The Labute approximate surface area is 147 Å². The Morgan fingerprint density at radius 3 is 2.48 bits per heavy atom. The molecule has 1 fully saturated rings. The Hall–Kier alpha value is -2.30. The van der Waals surface area contributed by atoms with Gasteiger partial charge in [-0.15, -0.1) is 0 Å². The topological polar surface area (TPSA) is 57.5 Å². The number of esters is 2. The quantitative estimate of drug-likeness (QED) is 0.789. The number of ether oxygens (including phenoxy) is 2. The number of hydrogen-bond acceptors (Lipinski definition) is 4. The van der Waals surface area contributed by atoms with Crippen LogP contribution in [0.15, 0.2) is 18.2 Å². The van der Waals surface area contributed by atoms with Crippen molar-refractivity contribution >= 4 is 22.8 Å². The molecular weight excluding hydrogens is 318 g/mol. The van der Waals surface area contributed by atoms with Crippen molar-refractivity contribution in [1.29, 1.82) is 0 Å². The monoisotopic (exact) mass is 343 g/mol. The first kappa shape index (κ1) is 17.5. The van der Waals surface area contributed by atoms with Gasteiger partial charge in [-0.2, -0.15) is 0 Å². The first-order valence-corrected chi connectivity index (χ1v) is 8.84. The Bertz CT molecular complexity index is 800.